The van der Waals surface area contributed by atoms with Crippen LogP contribution in [0.3, 0.4) is 0 Å². The summed E-state index contributed by atoms with van der Waals surface area (Å²) in [5.74, 6) is 1.42. The van der Waals surface area contributed by atoms with Gasteiger partial charge < -0.3 is 9.47 Å². The van der Waals surface area contributed by atoms with Gasteiger partial charge in [0.2, 0.25) is 0 Å². The Kier molecular flexibility index (Phi) is 3.49. The van der Waals surface area contributed by atoms with Crippen LogP contribution in [0.2, 0.25) is 0 Å². The van der Waals surface area contributed by atoms with Gasteiger partial charge in [0.15, 0.2) is 15.5 Å². The molecule has 0 saturated heterocycles. The number of aryl methyl sites for hydroxylation is 1. The molecule has 0 atom stereocenters. The molecule has 1 aromatic carbocycles. The van der Waals surface area contributed by atoms with E-state index in [1.165, 1.54) is 0 Å². The highest BCUT2D eigenvalue weighted by atomic mass is 32.1. The van der Waals surface area contributed by atoms with Gasteiger partial charge in [-0.05, 0) is 31.3 Å². The van der Waals surface area contributed by atoms with Gasteiger partial charge in [0.1, 0.15) is 0 Å². The van der Waals surface area contributed by atoms with E-state index in [1.54, 1.807) is 25.6 Å². The average molecular weight is 267 g/mol. The maximum absolute atomic E-state index is 5.31. The van der Waals surface area contributed by atoms with Gasteiger partial charge in [0.05, 0.1) is 19.9 Å². The number of hydrogen-bond acceptors (Lipinski definition) is 4. The Balaban J connectivity index is 2.58. The fourth-order valence-corrected chi connectivity index (χ4v) is 2.78. The summed E-state index contributed by atoms with van der Waals surface area (Å²) >= 11 is 6.86. The van der Waals surface area contributed by atoms with Gasteiger partial charge in [-0.15, -0.1) is 11.3 Å². The molecule has 0 saturated carbocycles. The van der Waals surface area contributed by atoms with Gasteiger partial charge >= 0.3 is 0 Å². The van der Waals surface area contributed by atoms with Crippen molar-refractivity contribution >= 4 is 23.6 Å². The molecule has 0 N–H and O–H groups in total. The molecule has 3 nitrogen and oxygen atoms in total. The van der Waals surface area contributed by atoms with Crippen LogP contribution >= 0.6 is 23.6 Å². The molecule has 0 radical (unpaired) electrons. The molecule has 5 heteroatoms. The smallest absolute Gasteiger partial charge is 0.165 e. The minimum absolute atomic E-state index is 0.706. The van der Waals surface area contributed by atoms with Crippen molar-refractivity contribution in [3.63, 3.8) is 0 Å². The summed E-state index contributed by atoms with van der Waals surface area (Å²) in [5, 5.41) is 2.04. The Bertz CT molecular complexity index is 586. The molecule has 0 spiro atoms. The van der Waals surface area contributed by atoms with Crippen molar-refractivity contribution in [2.75, 3.05) is 14.2 Å². The van der Waals surface area contributed by atoms with Crippen molar-refractivity contribution in [3.05, 3.63) is 33.2 Å². The topological polar surface area (TPSA) is 23.4 Å². The van der Waals surface area contributed by atoms with Gasteiger partial charge in [-0.2, -0.15) is 0 Å². The van der Waals surface area contributed by atoms with E-state index in [-0.39, 0.29) is 0 Å². The molecule has 0 aliphatic rings. The fourth-order valence-electron chi connectivity index (χ4n) is 1.66. The predicted molar refractivity (Wildman–Crippen MR) is 72.3 cm³/mol. The van der Waals surface area contributed by atoms with Crippen LogP contribution < -0.4 is 9.47 Å². The normalized spacial score (nSPS) is 10.3. The number of methoxy groups -OCH3 is 2. The second kappa shape index (κ2) is 4.89. The largest absolute Gasteiger partial charge is 0.493 e. The van der Waals surface area contributed by atoms with Crippen molar-refractivity contribution in [3.8, 4) is 17.2 Å². The summed E-state index contributed by atoms with van der Waals surface area (Å²) in [5.41, 5.74) is 2.11. The molecule has 2 rings (SSSR count). The van der Waals surface area contributed by atoms with E-state index in [2.05, 4.69) is 0 Å². The summed E-state index contributed by atoms with van der Waals surface area (Å²) < 4.78 is 13.3. The minimum Gasteiger partial charge on any atom is -0.493 e. The Labute approximate surface area is 109 Å². The maximum Gasteiger partial charge on any atom is 0.165 e. The molecule has 0 amide bonds. The Morgan fingerprint density at radius 2 is 1.88 bits per heavy atom. The molecular formula is C12H13NO2S2. The van der Waals surface area contributed by atoms with E-state index in [0.717, 1.165) is 21.1 Å². The van der Waals surface area contributed by atoms with Crippen molar-refractivity contribution < 1.29 is 9.47 Å². The summed E-state index contributed by atoms with van der Waals surface area (Å²) in [6.07, 6.45) is 0. The van der Waals surface area contributed by atoms with Crippen LogP contribution in [0.25, 0.3) is 5.69 Å². The molecule has 0 aliphatic carbocycles. The number of hydrogen-bond donors (Lipinski definition) is 0. The van der Waals surface area contributed by atoms with Crippen LogP contribution in [0.5, 0.6) is 11.5 Å². The number of benzene rings is 1. The summed E-state index contributed by atoms with van der Waals surface area (Å²) in [7, 11) is 3.25. The van der Waals surface area contributed by atoms with Crippen molar-refractivity contribution in [2.45, 2.75) is 6.92 Å². The number of thiazole rings is 1. The molecule has 0 unspecified atom stereocenters. The number of rotatable bonds is 3. The molecule has 1 heterocycles. The fraction of sp³-hybridized carbons (Fsp3) is 0.250. The van der Waals surface area contributed by atoms with E-state index >= 15 is 0 Å². The first-order chi connectivity index (χ1) is 8.17. The third kappa shape index (κ3) is 2.21. The Morgan fingerprint density at radius 1 is 1.18 bits per heavy atom. The lowest BCUT2D eigenvalue weighted by Crippen LogP contribution is -1.98. The summed E-state index contributed by atoms with van der Waals surface area (Å²) in [6, 6.07) is 5.78. The first-order valence-corrected chi connectivity index (χ1v) is 6.35. The number of nitrogens with zero attached hydrogens (tertiary/aromatic N) is 1. The zero-order chi connectivity index (χ0) is 12.4. The van der Waals surface area contributed by atoms with Crippen molar-refractivity contribution in [1.82, 2.24) is 4.57 Å². The summed E-state index contributed by atoms with van der Waals surface area (Å²) in [6.45, 7) is 2.03. The Hall–Kier alpha value is -1.33. The second-order valence-corrected chi connectivity index (χ2v) is 5.02. The van der Waals surface area contributed by atoms with Crippen molar-refractivity contribution in [1.29, 1.82) is 0 Å². The molecule has 90 valence electrons. The van der Waals surface area contributed by atoms with Crippen LogP contribution in [0.1, 0.15) is 5.69 Å². The lowest BCUT2D eigenvalue weighted by Gasteiger charge is -2.11. The van der Waals surface area contributed by atoms with Crippen LogP contribution in [0.4, 0.5) is 0 Å². The van der Waals surface area contributed by atoms with Crippen molar-refractivity contribution in [2.24, 2.45) is 0 Å². The van der Waals surface area contributed by atoms with E-state index in [9.17, 15) is 0 Å². The Morgan fingerprint density at radius 3 is 2.41 bits per heavy atom. The molecule has 0 fully saturated rings. The van der Waals surface area contributed by atoms with Gasteiger partial charge in [0.25, 0.3) is 0 Å². The van der Waals surface area contributed by atoms with Gasteiger partial charge in [-0.25, -0.2) is 0 Å². The van der Waals surface area contributed by atoms with Gasteiger partial charge in [-0.3, -0.25) is 4.57 Å². The standard InChI is InChI=1S/C12H13NO2S2/c1-8-7-17-12(16)13(8)9-4-5-10(14-2)11(6-9)15-3/h4-7H,1-3H3. The third-order valence-electron chi connectivity index (χ3n) is 2.49. The SMILES string of the molecule is COc1ccc(-n2c(C)csc2=S)cc1OC. The first-order valence-electron chi connectivity index (χ1n) is 5.07. The van der Waals surface area contributed by atoms with Gasteiger partial charge in [0, 0.05) is 17.1 Å². The van der Waals surface area contributed by atoms with Crippen LogP contribution in [0.15, 0.2) is 23.6 Å². The highest BCUT2D eigenvalue weighted by Crippen LogP contribution is 2.30. The van der Waals surface area contributed by atoms with Gasteiger partial charge in [-0.1, -0.05) is 0 Å². The molecule has 0 bridgehead atoms. The molecular weight excluding hydrogens is 254 g/mol. The van der Waals surface area contributed by atoms with E-state index in [1.807, 2.05) is 35.1 Å². The van der Waals surface area contributed by atoms with E-state index < -0.39 is 0 Å². The molecule has 2 aromatic rings. The zero-order valence-electron chi connectivity index (χ0n) is 9.89. The number of ether oxygens (including phenoxy) is 2. The van der Waals surface area contributed by atoms with E-state index in [0.29, 0.717) is 5.75 Å². The number of aromatic nitrogens is 1. The quantitative estimate of drug-likeness (QED) is 0.794. The third-order valence-corrected chi connectivity index (χ3v) is 3.81. The summed E-state index contributed by atoms with van der Waals surface area (Å²) in [4.78, 5) is 0. The molecule has 17 heavy (non-hydrogen) atoms. The van der Waals surface area contributed by atoms with Crippen LogP contribution in [0, 0.1) is 10.9 Å². The second-order valence-electron chi connectivity index (χ2n) is 3.52. The monoisotopic (exact) mass is 267 g/mol. The van der Waals surface area contributed by atoms with Crippen LogP contribution in [-0.2, 0) is 0 Å². The lowest BCUT2D eigenvalue weighted by molar-refractivity contribution is 0.355. The predicted octanol–water partition coefficient (Wildman–Crippen LogP) is 3.59. The minimum atomic E-state index is 0.706. The zero-order valence-corrected chi connectivity index (χ0v) is 11.5. The average Bonchev–Trinajstić information content (AvgIpc) is 2.68. The maximum atomic E-state index is 5.31. The first kappa shape index (κ1) is 12.1. The molecule has 1 aromatic heterocycles. The van der Waals surface area contributed by atoms with E-state index in [4.69, 9.17) is 21.7 Å². The highest BCUT2D eigenvalue weighted by Gasteiger charge is 2.08. The highest BCUT2D eigenvalue weighted by molar-refractivity contribution is 7.73. The molecule has 0 aliphatic heterocycles. The lowest BCUT2D eigenvalue weighted by atomic mass is 10.2. The van der Waals surface area contributed by atoms with Crippen LogP contribution in [-0.4, -0.2) is 18.8 Å².